The van der Waals surface area contributed by atoms with Crippen LogP contribution in [0.15, 0.2) is 42.6 Å². The first-order valence-electron chi connectivity index (χ1n) is 10.1. The van der Waals surface area contributed by atoms with Gasteiger partial charge in [-0.1, -0.05) is 39.0 Å². The Morgan fingerprint density at radius 2 is 2.11 bits per heavy atom. The van der Waals surface area contributed by atoms with Crippen LogP contribution in [0.3, 0.4) is 0 Å². The molecule has 1 aliphatic heterocycles. The van der Waals surface area contributed by atoms with Gasteiger partial charge in [0, 0.05) is 18.5 Å². The topological polar surface area (TPSA) is 41.1 Å². The van der Waals surface area contributed by atoms with Crippen LogP contribution in [-0.2, 0) is 13.0 Å². The van der Waals surface area contributed by atoms with E-state index < -0.39 is 0 Å². The van der Waals surface area contributed by atoms with Crippen molar-refractivity contribution in [1.82, 2.24) is 15.1 Å². The number of aromatic amines is 1. The van der Waals surface area contributed by atoms with E-state index in [1.807, 2.05) is 6.20 Å². The monoisotopic (exact) mass is 363 g/mol. The minimum atomic E-state index is 0.0319. The fourth-order valence-corrected chi connectivity index (χ4v) is 4.11. The molecule has 0 saturated heterocycles. The molecule has 1 N–H and O–H groups in total. The molecule has 4 heteroatoms. The summed E-state index contributed by atoms with van der Waals surface area (Å²) in [7, 11) is 0. The van der Waals surface area contributed by atoms with E-state index in [1.165, 1.54) is 29.7 Å². The molecule has 1 aromatic heterocycles. The molecule has 1 unspecified atom stereocenters. The zero-order valence-corrected chi connectivity index (χ0v) is 16.5. The van der Waals surface area contributed by atoms with Gasteiger partial charge >= 0.3 is 0 Å². The molecule has 27 heavy (non-hydrogen) atoms. The van der Waals surface area contributed by atoms with Crippen LogP contribution >= 0.6 is 0 Å². The summed E-state index contributed by atoms with van der Waals surface area (Å²) in [5, 5.41) is 8.30. The predicted octanol–water partition coefficient (Wildman–Crippen LogP) is 5.11. The van der Waals surface area contributed by atoms with Crippen LogP contribution in [0.1, 0.15) is 50.0 Å². The highest BCUT2D eigenvalue weighted by Crippen LogP contribution is 2.34. The lowest BCUT2D eigenvalue weighted by molar-refractivity contribution is 0.150. The third kappa shape index (κ3) is 3.72. The van der Waals surface area contributed by atoms with Gasteiger partial charge in [0.2, 0.25) is 0 Å². The summed E-state index contributed by atoms with van der Waals surface area (Å²) in [5.74, 6) is 1.43. The summed E-state index contributed by atoms with van der Waals surface area (Å²) in [4.78, 5) is 2.54. The van der Waals surface area contributed by atoms with Crippen LogP contribution in [0.25, 0.3) is 10.9 Å². The van der Waals surface area contributed by atoms with Gasteiger partial charge in [0.05, 0.1) is 11.7 Å². The number of aromatic nitrogens is 2. The van der Waals surface area contributed by atoms with Gasteiger partial charge in [0.25, 0.3) is 0 Å². The summed E-state index contributed by atoms with van der Waals surface area (Å²) in [6.07, 6.45) is 4.18. The summed E-state index contributed by atoms with van der Waals surface area (Å²) in [6, 6.07) is 13.0. The number of ether oxygens (including phenoxy) is 1. The first-order valence-corrected chi connectivity index (χ1v) is 10.1. The van der Waals surface area contributed by atoms with E-state index >= 15 is 0 Å². The second-order valence-corrected chi connectivity index (χ2v) is 7.92. The van der Waals surface area contributed by atoms with Gasteiger partial charge in [-0.2, -0.15) is 5.10 Å². The van der Waals surface area contributed by atoms with Crippen molar-refractivity contribution in [1.29, 1.82) is 0 Å². The molecule has 1 aliphatic rings. The Morgan fingerprint density at radius 3 is 2.93 bits per heavy atom. The second kappa shape index (κ2) is 7.73. The third-order valence-electron chi connectivity index (χ3n) is 5.49. The van der Waals surface area contributed by atoms with Gasteiger partial charge in [-0.05, 0) is 60.2 Å². The lowest BCUT2D eigenvalue weighted by Crippen LogP contribution is -2.31. The molecule has 2 aromatic carbocycles. The highest BCUT2D eigenvalue weighted by Gasteiger charge is 2.23. The van der Waals surface area contributed by atoms with Gasteiger partial charge in [0.15, 0.2) is 0 Å². The Kier molecular flexibility index (Phi) is 5.17. The molecule has 0 amide bonds. The molecule has 0 radical (unpaired) electrons. The molecule has 0 saturated carbocycles. The van der Waals surface area contributed by atoms with Crippen LogP contribution in [-0.4, -0.2) is 28.2 Å². The Hall–Kier alpha value is -2.33. The Bertz CT molecular complexity index is 915. The lowest BCUT2D eigenvalue weighted by atomic mass is 9.96. The number of hydrogen-bond donors (Lipinski definition) is 1. The van der Waals surface area contributed by atoms with E-state index in [1.54, 1.807) is 0 Å². The third-order valence-corrected chi connectivity index (χ3v) is 5.49. The number of H-pyrrole nitrogens is 1. The van der Waals surface area contributed by atoms with Gasteiger partial charge in [-0.15, -0.1) is 0 Å². The van der Waals surface area contributed by atoms with Crippen molar-refractivity contribution in [2.75, 3.05) is 13.1 Å². The van der Waals surface area contributed by atoms with E-state index in [4.69, 9.17) is 4.74 Å². The highest BCUT2D eigenvalue weighted by atomic mass is 16.5. The molecule has 0 spiro atoms. The molecular weight excluding hydrogens is 334 g/mol. The van der Waals surface area contributed by atoms with Gasteiger partial charge in [-0.25, -0.2) is 0 Å². The average molecular weight is 364 g/mol. The van der Waals surface area contributed by atoms with Crippen molar-refractivity contribution in [2.24, 2.45) is 5.92 Å². The molecule has 4 nitrogen and oxygen atoms in total. The van der Waals surface area contributed by atoms with Crippen molar-refractivity contribution >= 4 is 10.9 Å². The summed E-state index contributed by atoms with van der Waals surface area (Å²) in [6.45, 7) is 10.0. The molecule has 3 aromatic rings. The summed E-state index contributed by atoms with van der Waals surface area (Å²) in [5.41, 5.74) is 5.08. The lowest BCUT2D eigenvalue weighted by Gasteiger charge is -2.31. The molecule has 2 heterocycles. The maximum absolute atomic E-state index is 6.63. The number of hydrogen-bond acceptors (Lipinski definition) is 3. The number of nitrogens with zero attached hydrogens (tertiary/aromatic N) is 2. The van der Waals surface area contributed by atoms with Crippen LogP contribution in [0.2, 0.25) is 0 Å². The molecule has 4 rings (SSSR count). The van der Waals surface area contributed by atoms with Crippen LogP contribution in [0.5, 0.6) is 5.75 Å². The van der Waals surface area contributed by atoms with E-state index in [0.717, 1.165) is 36.2 Å². The standard InChI is InChI=1S/C23H29N3O/c1-4-11-26-12-10-20-18(15-26)6-5-7-22(20)27-23(16(2)3)17-8-9-21-19(13-17)14-24-25-21/h5-9,13-14,16,23H,4,10-12,15H2,1-3H3,(H,24,25). The van der Waals surface area contributed by atoms with Crippen molar-refractivity contribution in [3.05, 3.63) is 59.3 Å². The summed E-state index contributed by atoms with van der Waals surface area (Å²) >= 11 is 0. The first-order chi connectivity index (χ1) is 13.2. The van der Waals surface area contributed by atoms with Crippen molar-refractivity contribution in [3.63, 3.8) is 0 Å². The van der Waals surface area contributed by atoms with Gasteiger partial charge < -0.3 is 4.74 Å². The minimum absolute atomic E-state index is 0.0319. The van der Waals surface area contributed by atoms with Crippen molar-refractivity contribution in [3.8, 4) is 5.75 Å². The largest absolute Gasteiger partial charge is 0.485 e. The fraction of sp³-hybridized carbons (Fsp3) is 0.435. The van der Waals surface area contributed by atoms with Gasteiger partial charge in [-0.3, -0.25) is 10.00 Å². The smallest absolute Gasteiger partial charge is 0.126 e. The Morgan fingerprint density at radius 1 is 1.22 bits per heavy atom. The van der Waals surface area contributed by atoms with E-state index in [2.05, 4.69) is 72.3 Å². The maximum Gasteiger partial charge on any atom is 0.126 e. The Balaban J connectivity index is 1.62. The highest BCUT2D eigenvalue weighted by molar-refractivity contribution is 5.78. The van der Waals surface area contributed by atoms with E-state index in [9.17, 15) is 0 Å². The van der Waals surface area contributed by atoms with Crippen LogP contribution < -0.4 is 4.74 Å². The maximum atomic E-state index is 6.63. The zero-order valence-electron chi connectivity index (χ0n) is 16.5. The molecule has 0 aliphatic carbocycles. The number of benzene rings is 2. The van der Waals surface area contributed by atoms with E-state index in [0.29, 0.717) is 5.92 Å². The molecule has 0 fully saturated rings. The average Bonchev–Trinajstić information content (AvgIpc) is 3.13. The number of rotatable bonds is 6. The minimum Gasteiger partial charge on any atom is -0.485 e. The zero-order chi connectivity index (χ0) is 18.8. The molecular formula is C23H29N3O. The summed E-state index contributed by atoms with van der Waals surface area (Å²) < 4.78 is 6.63. The van der Waals surface area contributed by atoms with Gasteiger partial charge in [0.1, 0.15) is 11.9 Å². The SMILES string of the molecule is CCCN1CCc2c(cccc2OC(c2ccc3[nH]ncc3c2)C(C)C)C1. The van der Waals surface area contributed by atoms with Crippen LogP contribution in [0, 0.1) is 5.92 Å². The fourth-order valence-electron chi connectivity index (χ4n) is 4.11. The van der Waals surface area contributed by atoms with E-state index in [-0.39, 0.29) is 6.10 Å². The van der Waals surface area contributed by atoms with Crippen LogP contribution in [0.4, 0.5) is 0 Å². The number of nitrogens with one attached hydrogen (secondary N) is 1. The second-order valence-electron chi connectivity index (χ2n) is 7.92. The normalized spacial score (nSPS) is 15.9. The first kappa shape index (κ1) is 18.1. The molecule has 142 valence electrons. The molecule has 1 atom stereocenters. The predicted molar refractivity (Wildman–Crippen MR) is 110 cm³/mol. The van der Waals surface area contributed by atoms with Crippen molar-refractivity contribution < 1.29 is 4.74 Å². The quantitative estimate of drug-likeness (QED) is 0.662. The number of fused-ring (bicyclic) bond motifs is 2. The molecule has 0 bridgehead atoms. The van der Waals surface area contributed by atoms with Crippen molar-refractivity contribution in [2.45, 2.75) is 46.3 Å². The Labute approximate surface area is 161 Å².